The van der Waals surface area contributed by atoms with E-state index < -0.39 is 0 Å². The van der Waals surface area contributed by atoms with Crippen molar-refractivity contribution in [3.63, 3.8) is 0 Å². The van der Waals surface area contributed by atoms with Gasteiger partial charge in [0.15, 0.2) is 0 Å². The van der Waals surface area contributed by atoms with Gasteiger partial charge in [-0.15, -0.1) is 0 Å². The first-order valence-electron chi connectivity index (χ1n) is 6.92. The Morgan fingerprint density at radius 2 is 1.88 bits per heavy atom. The third-order valence-electron chi connectivity index (χ3n) is 4.18. The lowest BCUT2D eigenvalue weighted by Gasteiger charge is -2.36. The normalized spacial score (nSPS) is 30.0. The van der Waals surface area contributed by atoms with Gasteiger partial charge in [-0.05, 0) is 38.1 Å². The zero-order valence-corrected chi connectivity index (χ0v) is 11.5. The molecule has 1 saturated carbocycles. The number of hydrogen-bond acceptors (Lipinski definition) is 2. The monoisotopic (exact) mass is 227 g/mol. The first-order valence-corrected chi connectivity index (χ1v) is 6.92. The van der Waals surface area contributed by atoms with E-state index in [9.17, 15) is 0 Å². The smallest absolute Gasteiger partial charge is 0.0726 e. The summed E-state index contributed by atoms with van der Waals surface area (Å²) in [4.78, 5) is 0. The third kappa shape index (κ3) is 3.74. The van der Waals surface area contributed by atoms with Crippen LogP contribution in [0.5, 0.6) is 0 Å². The summed E-state index contributed by atoms with van der Waals surface area (Å²) in [6, 6.07) is 0.553. The van der Waals surface area contributed by atoms with E-state index in [1.165, 1.54) is 38.5 Å². The van der Waals surface area contributed by atoms with Crippen LogP contribution in [0.2, 0.25) is 0 Å². The largest absolute Gasteiger partial charge is 0.380 e. The molecule has 0 aromatic carbocycles. The van der Waals surface area contributed by atoms with E-state index in [1.54, 1.807) is 0 Å². The molecule has 2 atom stereocenters. The van der Waals surface area contributed by atoms with Crippen molar-refractivity contribution in [1.82, 2.24) is 5.32 Å². The van der Waals surface area contributed by atoms with Gasteiger partial charge in [-0.2, -0.15) is 0 Å². The van der Waals surface area contributed by atoms with E-state index >= 15 is 0 Å². The highest BCUT2D eigenvalue weighted by Gasteiger charge is 2.30. The van der Waals surface area contributed by atoms with Crippen molar-refractivity contribution in [3.05, 3.63) is 0 Å². The summed E-state index contributed by atoms with van der Waals surface area (Å²) in [6.45, 7) is 4.62. The molecule has 0 amide bonds. The van der Waals surface area contributed by atoms with Crippen LogP contribution in [0.1, 0.15) is 52.4 Å². The molecule has 0 spiro atoms. The number of hydrogen-bond donors (Lipinski definition) is 1. The first kappa shape index (κ1) is 14.0. The van der Waals surface area contributed by atoms with Crippen LogP contribution in [0.4, 0.5) is 0 Å². The zero-order valence-electron chi connectivity index (χ0n) is 11.5. The van der Waals surface area contributed by atoms with E-state index in [0.29, 0.717) is 12.1 Å². The van der Waals surface area contributed by atoms with Gasteiger partial charge in [0, 0.05) is 13.2 Å². The Morgan fingerprint density at radius 1 is 1.25 bits per heavy atom. The molecule has 96 valence electrons. The van der Waals surface area contributed by atoms with Crippen LogP contribution in [0.3, 0.4) is 0 Å². The number of methoxy groups -OCH3 is 1. The van der Waals surface area contributed by atoms with Crippen molar-refractivity contribution in [1.29, 1.82) is 0 Å². The fourth-order valence-electron chi connectivity index (χ4n) is 3.10. The lowest BCUT2D eigenvalue weighted by molar-refractivity contribution is 0.0329. The van der Waals surface area contributed by atoms with Gasteiger partial charge in [0.05, 0.1) is 6.10 Å². The molecule has 0 saturated heterocycles. The molecule has 0 aliphatic heterocycles. The van der Waals surface area contributed by atoms with Crippen LogP contribution in [0.15, 0.2) is 0 Å². The maximum atomic E-state index is 5.66. The molecule has 0 aromatic heterocycles. The average molecular weight is 227 g/mol. The minimum Gasteiger partial charge on any atom is -0.380 e. The van der Waals surface area contributed by atoms with Crippen LogP contribution in [-0.4, -0.2) is 26.3 Å². The standard InChI is InChI=1S/C14H29NO/c1-5-6-13(16-4)14(15-3)12-9-7-11(2)8-10-12/h11-15H,5-10H2,1-4H3. The maximum absolute atomic E-state index is 5.66. The SMILES string of the molecule is CCCC(OC)C(NC)C1CCC(C)CC1. The highest BCUT2D eigenvalue weighted by atomic mass is 16.5. The molecule has 2 heteroatoms. The van der Waals surface area contributed by atoms with Crippen LogP contribution in [0, 0.1) is 11.8 Å². The quantitative estimate of drug-likeness (QED) is 0.752. The minimum absolute atomic E-state index is 0.397. The molecule has 0 bridgehead atoms. The number of ether oxygens (including phenoxy) is 1. The highest BCUT2D eigenvalue weighted by molar-refractivity contribution is 4.85. The van der Waals surface area contributed by atoms with E-state index in [1.807, 2.05) is 7.11 Å². The molecule has 1 N–H and O–H groups in total. The summed E-state index contributed by atoms with van der Waals surface area (Å²) in [5.41, 5.74) is 0. The van der Waals surface area contributed by atoms with Crippen LogP contribution >= 0.6 is 0 Å². The van der Waals surface area contributed by atoms with Crippen LogP contribution in [0.25, 0.3) is 0 Å². The van der Waals surface area contributed by atoms with Gasteiger partial charge in [-0.3, -0.25) is 0 Å². The molecular formula is C14H29NO. The molecule has 16 heavy (non-hydrogen) atoms. The van der Waals surface area contributed by atoms with Crippen molar-refractivity contribution in [2.24, 2.45) is 11.8 Å². The van der Waals surface area contributed by atoms with Crippen LogP contribution in [-0.2, 0) is 4.74 Å². The maximum Gasteiger partial charge on any atom is 0.0726 e. The van der Waals surface area contributed by atoms with Crippen molar-refractivity contribution in [3.8, 4) is 0 Å². The molecule has 1 rings (SSSR count). The summed E-state index contributed by atoms with van der Waals surface area (Å²) < 4.78 is 5.66. The first-order chi connectivity index (χ1) is 7.72. The molecule has 0 heterocycles. The topological polar surface area (TPSA) is 21.3 Å². The van der Waals surface area contributed by atoms with E-state index in [2.05, 4.69) is 26.2 Å². The zero-order chi connectivity index (χ0) is 12.0. The van der Waals surface area contributed by atoms with Crippen molar-refractivity contribution >= 4 is 0 Å². The third-order valence-corrected chi connectivity index (χ3v) is 4.18. The Labute approximate surface area is 101 Å². The molecule has 0 radical (unpaired) electrons. The lowest BCUT2D eigenvalue weighted by Crippen LogP contribution is -2.45. The van der Waals surface area contributed by atoms with Gasteiger partial charge in [-0.25, -0.2) is 0 Å². The van der Waals surface area contributed by atoms with Gasteiger partial charge in [0.1, 0.15) is 0 Å². The summed E-state index contributed by atoms with van der Waals surface area (Å²) in [6.07, 6.45) is 8.31. The van der Waals surface area contributed by atoms with E-state index in [-0.39, 0.29) is 0 Å². The molecular weight excluding hydrogens is 198 g/mol. The second kappa shape index (κ2) is 7.29. The summed E-state index contributed by atoms with van der Waals surface area (Å²) >= 11 is 0. The fraction of sp³-hybridized carbons (Fsp3) is 1.00. The molecule has 1 fully saturated rings. The van der Waals surface area contributed by atoms with Crippen molar-refractivity contribution < 1.29 is 4.74 Å². The molecule has 2 nitrogen and oxygen atoms in total. The summed E-state index contributed by atoms with van der Waals surface area (Å²) in [7, 11) is 3.94. The second-order valence-electron chi connectivity index (χ2n) is 5.40. The molecule has 1 aliphatic carbocycles. The lowest BCUT2D eigenvalue weighted by atomic mass is 9.77. The van der Waals surface area contributed by atoms with Crippen molar-refractivity contribution in [2.45, 2.75) is 64.5 Å². The van der Waals surface area contributed by atoms with Gasteiger partial charge in [0.25, 0.3) is 0 Å². The van der Waals surface area contributed by atoms with Gasteiger partial charge in [0.2, 0.25) is 0 Å². The number of rotatable bonds is 6. The van der Waals surface area contributed by atoms with Gasteiger partial charge in [-0.1, -0.05) is 33.1 Å². The fourth-order valence-corrected chi connectivity index (χ4v) is 3.10. The Morgan fingerprint density at radius 3 is 2.31 bits per heavy atom. The van der Waals surface area contributed by atoms with Crippen LogP contribution < -0.4 is 5.32 Å². The van der Waals surface area contributed by atoms with Gasteiger partial charge < -0.3 is 10.1 Å². The number of likely N-dealkylation sites (N-methyl/N-ethyl adjacent to an activating group) is 1. The summed E-state index contributed by atoms with van der Waals surface area (Å²) in [5.74, 6) is 1.75. The average Bonchev–Trinajstić information content (AvgIpc) is 2.31. The molecule has 0 aromatic rings. The highest BCUT2D eigenvalue weighted by Crippen LogP contribution is 2.32. The van der Waals surface area contributed by atoms with E-state index in [0.717, 1.165) is 11.8 Å². The Hall–Kier alpha value is -0.0800. The van der Waals surface area contributed by atoms with Crippen molar-refractivity contribution in [2.75, 3.05) is 14.2 Å². The van der Waals surface area contributed by atoms with E-state index in [4.69, 9.17) is 4.74 Å². The van der Waals surface area contributed by atoms with Gasteiger partial charge >= 0.3 is 0 Å². The Bertz CT molecular complexity index is 176. The predicted molar refractivity (Wildman–Crippen MR) is 69.7 cm³/mol. The second-order valence-corrected chi connectivity index (χ2v) is 5.40. The summed E-state index contributed by atoms with van der Waals surface area (Å²) in [5, 5.41) is 3.50. The predicted octanol–water partition coefficient (Wildman–Crippen LogP) is 3.22. The minimum atomic E-state index is 0.397. The molecule has 1 aliphatic rings. The Kier molecular flexibility index (Phi) is 6.37. The number of nitrogens with one attached hydrogen (secondary N) is 1. The Balaban J connectivity index is 2.51. The molecule has 2 unspecified atom stereocenters.